The molecule has 94 valence electrons. The molecular weight excluding hydrogens is 232 g/mol. The van der Waals surface area contributed by atoms with Gasteiger partial charge in [-0.1, -0.05) is 27.7 Å². The van der Waals surface area contributed by atoms with Gasteiger partial charge >= 0.3 is 0 Å². The standard InChI is InChI=1S/C11H14N2OS.C2H6/c1-3-8(4-2)10-13-7-9(14-10)11-12-5-6-15-11;1-2/h5-8H,3-4H2,1-2H3;1-2H3. The molecule has 0 unspecified atom stereocenters. The van der Waals surface area contributed by atoms with Crippen LogP contribution in [-0.4, -0.2) is 9.97 Å². The Balaban J connectivity index is 0.000000686. The molecule has 0 N–H and O–H groups in total. The molecule has 2 rings (SSSR count). The third-order valence-electron chi connectivity index (χ3n) is 2.50. The van der Waals surface area contributed by atoms with Crippen molar-refractivity contribution in [2.75, 3.05) is 0 Å². The highest BCUT2D eigenvalue weighted by molar-refractivity contribution is 7.13. The average molecular weight is 252 g/mol. The maximum absolute atomic E-state index is 5.71. The van der Waals surface area contributed by atoms with E-state index >= 15 is 0 Å². The lowest BCUT2D eigenvalue weighted by molar-refractivity contribution is 0.439. The highest BCUT2D eigenvalue weighted by Gasteiger charge is 2.15. The molecule has 0 saturated heterocycles. The van der Waals surface area contributed by atoms with Crippen LogP contribution >= 0.6 is 11.3 Å². The Bertz CT molecular complexity index is 405. The van der Waals surface area contributed by atoms with Crippen LogP contribution in [0.15, 0.2) is 22.2 Å². The molecule has 2 aromatic heterocycles. The van der Waals surface area contributed by atoms with Crippen molar-refractivity contribution in [1.29, 1.82) is 0 Å². The third kappa shape index (κ3) is 3.40. The molecule has 0 saturated carbocycles. The minimum atomic E-state index is 0.429. The predicted octanol–water partition coefficient (Wildman–Crippen LogP) is 4.73. The van der Waals surface area contributed by atoms with Gasteiger partial charge in [0, 0.05) is 17.5 Å². The highest BCUT2D eigenvalue weighted by atomic mass is 32.1. The second-order valence-electron chi connectivity index (χ2n) is 3.41. The lowest BCUT2D eigenvalue weighted by Gasteiger charge is -2.05. The molecule has 0 fully saturated rings. The molecule has 2 aromatic rings. The molecule has 0 spiro atoms. The SMILES string of the molecule is CC.CCC(CC)c1ncc(-c2nccs2)o1. The number of rotatable bonds is 4. The van der Waals surface area contributed by atoms with Gasteiger partial charge in [-0.05, 0) is 12.8 Å². The van der Waals surface area contributed by atoms with E-state index in [1.165, 1.54) is 0 Å². The molecule has 0 bridgehead atoms. The predicted molar refractivity (Wildman–Crippen MR) is 72.3 cm³/mol. The Kier molecular flexibility index (Phi) is 5.91. The zero-order valence-electron chi connectivity index (χ0n) is 10.9. The van der Waals surface area contributed by atoms with Gasteiger partial charge in [-0.3, -0.25) is 0 Å². The fraction of sp³-hybridized carbons (Fsp3) is 0.538. The molecule has 0 amide bonds. The molecular formula is C13H20N2OS. The molecule has 3 nitrogen and oxygen atoms in total. The fourth-order valence-corrected chi connectivity index (χ4v) is 2.14. The number of oxazole rings is 1. The zero-order chi connectivity index (χ0) is 12.7. The van der Waals surface area contributed by atoms with Crippen LogP contribution in [0.1, 0.15) is 52.3 Å². The van der Waals surface area contributed by atoms with E-state index < -0.39 is 0 Å². The van der Waals surface area contributed by atoms with E-state index in [1.54, 1.807) is 23.7 Å². The van der Waals surface area contributed by atoms with E-state index in [4.69, 9.17) is 4.42 Å². The summed E-state index contributed by atoms with van der Waals surface area (Å²) in [6.07, 6.45) is 5.68. The van der Waals surface area contributed by atoms with Gasteiger partial charge in [0.2, 0.25) is 0 Å². The van der Waals surface area contributed by atoms with Crippen molar-refractivity contribution in [3.05, 3.63) is 23.7 Å². The van der Waals surface area contributed by atoms with Crippen molar-refractivity contribution in [1.82, 2.24) is 9.97 Å². The second kappa shape index (κ2) is 7.22. The maximum atomic E-state index is 5.71. The van der Waals surface area contributed by atoms with Crippen LogP contribution in [0.25, 0.3) is 10.8 Å². The second-order valence-corrected chi connectivity index (χ2v) is 4.31. The van der Waals surface area contributed by atoms with Gasteiger partial charge in [0.25, 0.3) is 0 Å². The normalized spacial score (nSPS) is 10.2. The summed E-state index contributed by atoms with van der Waals surface area (Å²) in [5.41, 5.74) is 0. The Morgan fingerprint density at radius 2 is 1.94 bits per heavy atom. The van der Waals surface area contributed by atoms with Crippen molar-refractivity contribution >= 4 is 11.3 Å². The summed E-state index contributed by atoms with van der Waals surface area (Å²) in [5.74, 6) is 2.05. The van der Waals surface area contributed by atoms with E-state index in [0.29, 0.717) is 5.92 Å². The van der Waals surface area contributed by atoms with Crippen molar-refractivity contribution in [2.24, 2.45) is 0 Å². The minimum absolute atomic E-state index is 0.429. The first-order valence-corrected chi connectivity index (χ1v) is 7.08. The summed E-state index contributed by atoms with van der Waals surface area (Å²) in [4.78, 5) is 8.51. The van der Waals surface area contributed by atoms with Gasteiger partial charge < -0.3 is 4.42 Å². The Morgan fingerprint density at radius 3 is 2.47 bits per heavy atom. The van der Waals surface area contributed by atoms with Gasteiger partial charge in [0.05, 0.1) is 6.20 Å². The lowest BCUT2D eigenvalue weighted by Crippen LogP contribution is -1.94. The first kappa shape index (κ1) is 13.9. The van der Waals surface area contributed by atoms with Gasteiger partial charge in [-0.2, -0.15) is 0 Å². The van der Waals surface area contributed by atoms with Crippen LogP contribution in [0.4, 0.5) is 0 Å². The van der Waals surface area contributed by atoms with Gasteiger partial charge in [-0.25, -0.2) is 9.97 Å². The summed E-state index contributed by atoms with van der Waals surface area (Å²) in [6, 6.07) is 0. The van der Waals surface area contributed by atoms with Crippen molar-refractivity contribution in [2.45, 2.75) is 46.5 Å². The molecule has 0 aliphatic heterocycles. The molecule has 0 radical (unpaired) electrons. The van der Waals surface area contributed by atoms with Crippen LogP contribution in [0.3, 0.4) is 0 Å². The van der Waals surface area contributed by atoms with E-state index in [1.807, 2.05) is 19.2 Å². The zero-order valence-corrected chi connectivity index (χ0v) is 11.8. The molecule has 0 aliphatic rings. The summed E-state index contributed by atoms with van der Waals surface area (Å²) >= 11 is 1.57. The van der Waals surface area contributed by atoms with Crippen molar-refractivity contribution in [3.8, 4) is 10.8 Å². The minimum Gasteiger partial charge on any atom is -0.438 e. The highest BCUT2D eigenvalue weighted by Crippen LogP contribution is 2.28. The van der Waals surface area contributed by atoms with Crippen LogP contribution in [-0.2, 0) is 0 Å². The lowest BCUT2D eigenvalue weighted by atomic mass is 10.0. The number of thiazole rings is 1. The molecule has 2 heterocycles. The molecule has 17 heavy (non-hydrogen) atoms. The van der Waals surface area contributed by atoms with Crippen LogP contribution in [0, 0.1) is 0 Å². The van der Waals surface area contributed by atoms with E-state index in [0.717, 1.165) is 29.5 Å². The van der Waals surface area contributed by atoms with E-state index in [9.17, 15) is 0 Å². The first-order chi connectivity index (χ1) is 8.35. The van der Waals surface area contributed by atoms with Gasteiger partial charge in [-0.15, -0.1) is 11.3 Å². The van der Waals surface area contributed by atoms with E-state index in [2.05, 4.69) is 23.8 Å². The Morgan fingerprint density at radius 1 is 1.24 bits per heavy atom. The summed E-state index contributed by atoms with van der Waals surface area (Å²) < 4.78 is 5.71. The van der Waals surface area contributed by atoms with Gasteiger partial charge in [0.15, 0.2) is 16.7 Å². The summed E-state index contributed by atoms with van der Waals surface area (Å²) in [5, 5.41) is 2.84. The number of aromatic nitrogens is 2. The number of hydrogen-bond donors (Lipinski definition) is 0. The average Bonchev–Trinajstić information content (AvgIpc) is 3.03. The topological polar surface area (TPSA) is 38.9 Å². The van der Waals surface area contributed by atoms with Crippen molar-refractivity contribution < 1.29 is 4.42 Å². The largest absolute Gasteiger partial charge is 0.438 e. The maximum Gasteiger partial charge on any atom is 0.198 e. The van der Waals surface area contributed by atoms with Crippen LogP contribution in [0.5, 0.6) is 0 Å². The van der Waals surface area contributed by atoms with Crippen LogP contribution < -0.4 is 0 Å². The fourth-order valence-electron chi connectivity index (χ4n) is 1.56. The molecule has 0 atom stereocenters. The third-order valence-corrected chi connectivity index (χ3v) is 3.29. The van der Waals surface area contributed by atoms with Crippen LogP contribution in [0.2, 0.25) is 0 Å². The number of nitrogens with zero attached hydrogens (tertiary/aromatic N) is 2. The Hall–Kier alpha value is -1.16. The number of hydrogen-bond acceptors (Lipinski definition) is 4. The smallest absolute Gasteiger partial charge is 0.198 e. The van der Waals surface area contributed by atoms with Gasteiger partial charge in [0.1, 0.15) is 0 Å². The molecule has 0 aromatic carbocycles. The molecule has 4 heteroatoms. The summed E-state index contributed by atoms with van der Waals surface area (Å²) in [7, 11) is 0. The Labute approximate surface area is 107 Å². The van der Waals surface area contributed by atoms with Crippen molar-refractivity contribution in [3.63, 3.8) is 0 Å². The summed E-state index contributed by atoms with van der Waals surface area (Å²) in [6.45, 7) is 8.31. The quantitative estimate of drug-likeness (QED) is 0.789. The molecule has 0 aliphatic carbocycles. The monoisotopic (exact) mass is 252 g/mol. The van der Waals surface area contributed by atoms with E-state index in [-0.39, 0.29) is 0 Å². The first-order valence-electron chi connectivity index (χ1n) is 6.20.